The Kier molecular flexibility index (Phi) is 10.7. The van der Waals surface area contributed by atoms with Crippen molar-refractivity contribution in [1.29, 1.82) is 0 Å². The van der Waals surface area contributed by atoms with Gasteiger partial charge >= 0.3 is 18.4 Å². The minimum atomic E-state index is -5.24. The van der Waals surface area contributed by atoms with E-state index < -0.39 is 70.9 Å². The van der Waals surface area contributed by atoms with Gasteiger partial charge in [0.25, 0.3) is 5.91 Å². The normalized spacial score (nSPS) is 14.3. The van der Waals surface area contributed by atoms with Crippen LogP contribution in [0.3, 0.4) is 0 Å². The molecule has 2 aromatic rings. The maximum Gasteiger partial charge on any atom is 0.573 e. The van der Waals surface area contributed by atoms with Gasteiger partial charge in [-0.2, -0.15) is 0 Å². The SMILES string of the molecule is CC(C)(C)OC(=O)NC(Cc1ccccc1)C(O)C(=O)NC(C(=O)OC(C)(C)C)c1cccc(OC(F)(F)F)c1F. The Balaban J connectivity index is 2.43. The van der Waals surface area contributed by atoms with Crippen molar-refractivity contribution in [2.75, 3.05) is 0 Å². The number of hydrogen-bond donors (Lipinski definition) is 3. The van der Waals surface area contributed by atoms with Crippen LogP contribution in [-0.4, -0.2) is 52.8 Å². The number of rotatable bonds is 9. The highest BCUT2D eigenvalue weighted by Gasteiger charge is 2.38. The molecule has 0 aliphatic heterocycles. The maximum absolute atomic E-state index is 15.2. The van der Waals surface area contributed by atoms with Gasteiger partial charge in [0.05, 0.1) is 6.04 Å². The summed E-state index contributed by atoms with van der Waals surface area (Å²) in [6.07, 6.45) is -8.27. The first kappa shape index (κ1) is 33.3. The van der Waals surface area contributed by atoms with Crippen molar-refractivity contribution in [3.63, 3.8) is 0 Å². The number of aliphatic hydroxyl groups is 1. The number of carbonyl (C=O) groups excluding carboxylic acids is 3. The van der Waals surface area contributed by atoms with Crippen LogP contribution in [0.4, 0.5) is 22.4 Å². The number of nitrogens with one attached hydrogen (secondary N) is 2. The monoisotopic (exact) mass is 586 g/mol. The summed E-state index contributed by atoms with van der Waals surface area (Å²) in [6.45, 7) is 9.28. The Bertz CT molecular complexity index is 1210. The zero-order chi connectivity index (χ0) is 31.2. The number of benzene rings is 2. The lowest BCUT2D eigenvalue weighted by Crippen LogP contribution is -2.53. The van der Waals surface area contributed by atoms with Gasteiger partial charge in [0.15, 0.2) is 23.7 Å². The molecule has 9 nitrogen and oxygen atoms in total. The zero-order valence-electron chi connectivity index (χ0n) is 23.5. The molecule has 2 rings (SSSR count). The minimum Gasteiger partial charge on any atom is -0.458 e. The van der Waals surface area contributed by atoms with Crippen molar-refractivity contribution in [1.82, 2.24) is 10.6 Å². The Morgan fingerprint density at radius 1 is 0.854 bits per heavy atom. The van der Waals surface area contributed by atoms with E-state index in [0.717, 1.165) is 12.1 Å². The topological polar surface area (TPSA) is 123 Å². The molecular formula is C28H34F4N2O7. The van der Waals surface area contributed by atoms with Crippen LogP contribution in [0.2, 0.25) is 0 Å². The molecule has 3 atom stereocenters. The van der Waals surface area contributed by atoms with Gasteiger partial charge in [0, 0.05) is 5.56 Å². The van der Waals surface area contributed by atoms with Crippen molar-refractivity contribution in [2.45, 2.75) is 83.7 Å². The Morgan fingerprint density at radius 2 is 1.44 bits per heavy atom. The molecule has 0 saturated carbocycles. The molecule has 2 aromatic carbocycles. The molecule has 0 fully saturated rings. The van der Waals surface area contributed by atoms with Crippen LogP contribution in [0.25, 0.3) is 0 Å². The van der Waals surface area contributed by atoms with Crippen LogP contribution in [0.5, 0.6) is 5.75 Å². The average molecular weight is 587 g/mol. The Labute approximate surface area is 235 Å². The van der Waals surface area contributed by atoms with Crippen LogP contribution in [-0.2, 0) is 25.5 Å². The third-order valence-electron chi connectivity index (χ3n) is 5.11. The lowest BCUT2D eigenvalue weighted by atomic mass is 9.99. The van der Waals surface area contributed by atoms with Crippen molar-refractivity contribution in [3.05, 3.63) is 65.5 Å². The number of aliphatic hydroxyl groups excluding tert-OH is 1. The van der Waals surface area contributed by atoms with E-state index in [2.05, 4.69) is 15.4 Å². The van der Waals surface area contributed by atoms with E-state index in [-0.39, 0.29) is 6.42 Å². The van der Waals surface area contributed by atoms with E-state index in [1.54, 1.807) is 51.1 Å². The summed E-state index contributed by atoms with van der Waals surface area (Å²) in [5.74, 6) is -5.30. The van der Waals surface area contributed by atoms with E-state index in [4.69, 9.17) is 9.47 Å². The smallest absolute Gasteiger partial charge is 0.458 e. The number of ether oxygens (including phenoxy) is 3. The van der Waals surface area contributed by atoms with E-state index in [1.165, 1.54) is 20.8 Å². The highest BCUT2D eigenvalue weighted by atomic mass is 19.4. The summed E-state index contributed by atoms with van der Waals surface area (Å²) in [7, 11) is 0. The Morgan fingerprint density at radius 3 is 1.98 bits per heavy atom. The van der Waals surface area contributed by atoms with E-state index in [9.17, 15) is 32.7 Å². The molecule has 0 aromatic heterocycles. The molecular weight excluding hydrogens is 552 g/mol. The van der Waals surface area contributed by atoms with Gasteiger partial charge < -0.3 is 30.0 Å². The second-order valence-corrected chi connectivity index (χ2v) is 11.1. The van der Waals surface area contributed by atoms with E-state index >= 15 is 4.39 Å². The van der Waals surface area contributed by atoms with Gasteiger partial charge in [-0.05, 0) is 59.6 Å². The molecule has 0 aliphatic rings. The van der Waals surface area contributed by atoms with Crippen molar-refractivity contribution in [2.24, 2.45) is 0 Å². The van der Waals surface area contributed by atoms with Gasteiger partial charge in [0.2, 0.25) is 0 Å². The highest BCUT2D eigenvalue weighted by molar-refractivity contribution is 5.88. The molecule has 3 N–H and O–H groups in total. The largest absolute Gasteiger partial charge is 0.573 e. The molecule has 0 saturated heterocycles. The standard InChI is InChI=1S/C28H34F4N2O7/c1-26(2,3)40-24(37)21(17-13-10-14-19(20(17)29)39-28(30,31)32)34-23(36)22(35)18(15-16-11-8-7-9-12-16)33-25(38)41-27(4,5)6/h7-14,18,21-22,35H,15H2,1-6H3,(H,33,38)(H,34,36). The third-order valence-corrected chi connectivity index (χ3v) is 5.11. The molecule has 0 spiro atoms. The molecule has 3 unspecified atom stereocenters. The van der Waals surface area contributed by atoms with Gasteiger partial charge in [-0.3, -0.25) is 4.79 Å². The number of esters is 1. The van der Waals surface area contributed by atoms with Gasteiger partial charge in [0.1, 0.15) is 11.2 Å². The first-order valence-electron chi connectivity index (χ1n) is 12.5. The minimum absolute atomic E-state index is 0.0605. The summed E-state index contributed by atoms with van der Waals surface area (Å²) < 4.78 is 67.7. The van der Waals surface area contributed by atoms with Crippen molar-refractivity contribution < 1.29 is 51.3 Å². The predicted molar refractivity (Wildman–Crippen MR) is 139 cm³/mol. The maximum atomic E-state index is 15.2. The molecule has 0 aliphatic carbocycles. The third kappa shape index (κ3) is 11.3. The fourth-order valence-electron chi connectivity index (χ4n) is 3.56. The van der Waals surface area contributed by atoms with Gasteiger partial charge in [-0.15, -0.1) is 13.2 Å². The zero-order valence-corrected chi connectivity index (χ0v) is 23.5. The number of halogens is 4. The lowest BCUT2D eigenvalue weighted by molar-refractivity contribution is -0.275. The molecule has 0 bridgehead atoms. The van der Waals surface area contributed by atoms with Crippen LogP contribution < -0.4 is 15.4 Å². The van der Waals surface area contributed by atoms with Crippen molar-refractivity contribution >= 4 is 18.0 Å². The van der Waals surface area contributed by atoms with Crippen LogP contribution in [0.15, 0.2) is 48.5 Å². The molecule has 13 heteroatoms. The number of amides is 2. The molecule has 0 radical (unpaired) electrons. The lowest BCUT2D eigenvalue weighted by Gasteiger charge is -2.29. The second-order valence-electron chi connectivity index (χ2n) is 11.1. The van der Waals surface area contributed by atoms with E-state index in [0.29, 0.717) is 11.6 Å². The van der Waals surface area contributed by atoms with E-state index in [1.807, 2.05) is 0 Å². The van der Waals surface area contributed by atoms with Crippen molar-refractivity contribution in [3.8, 4) is 5.75 Å². The predicted octanol–water partition coefficient (Wildman–Crippen LogP) is 4.72. The fourth-order valence-corrected chi connectivity index (χ4v) is 3.56. The summed E-state index contributed by atoms with van der Waals surface area (Å²) in [5.41, 5.74) is -2.13. The number of carbonyl (C=O) groups is 3. The molecule has 2 amide bonds. The summed E-state index contributed by atoms with van der Waals surface area (Å²) in [5, 5.41) is 15.5. The molecule has 41 heavy (non-hydrogen) atoms. The summed E-state index contributed by atoms with van der Waals surface area (Å²) >= 11 is 0. The van der Waals surface area contributed by atoms with Crippen LogP contribution >= 0.6 is 0 Å². The van der Waals surface area contributed by atoms with Crippen LogP contribution in [0.1, 0.15) is 58.7 Å². The average Bonchev–Trinajstić information content (AvgIpc) is 2.80. The Hall–Kier alpha value is -3.87. The van der Waals surface area contributed by atoms with Gasteiger partial charge in [-0.1, -0.05) is 42.5 Å². The summed E-state index contributed by atoms with van der Waals surface area (Å²) in [4.78, 5) is 38.7. The molecule has 226 valence electrons. The molecule has 0 heterocycles. The quantitative estimate of drug-likeness (QED) is 0.287. The fraction of sp³-hybridized carbons (Fsp3) is 0.464. The first-order valence-corrected chi connectivity index (χ1v) is 12.5. The number of alkyl carbamates (subject to hydrolysis) is 1. The van der Waals surface area contributed by atoms with Gasteiger partial charge in [-0.25, -0.2) is 14.0 Å². The van der Waals surface area contributed by atoms with Crippen LogP contribution in [0, 0.1) is 5.82 Å². The number of alkyl halides is 3. The highest BCUT2D eigenvalue weighted by Crippen LogP contribution is 2.31. The second kappa shape index (κ2) is 13.2. The summed E-state index contributed by atoms with van der Waals surface area (Å²) in [6, 6.07) is 7.84. The number of hydrogen-bond acceptors (Lipinski definition) is 7. The first-order chi connectivity index (χ1) is 18.8.